The highest BCUT2D eigenvalue weighted by atomic mass is 16.5. The minimum absolute atomic E-state index is 0.0201. The number of ketones is 1. The summed E-state index contributed by atoms with van der Waals surface area (Å²) in [6.07, 6.45) is 0.951. The molecule has 3 unspecified atom stereocenters. The third kappa shape index (κ3) is 6.94. The molecule has 0 bridgehead atoms. The fraction of sp³-hybridized carbons (Fsp3) is 0.591. The highest BCUT2D eigenvalue weighted by Gasteiger charge is 2.39. The lowest BCUT2D eigenvalue weighted by molar-refractivity contribution is -0.128. The molecule has 7 heteroatoms. The molecule has 2 amide bonds. The standard InChI is InChI=1S/C22H33N3O4/c1-22(2,13-19(23)27)12-16(15-8-6-5-7-9-15)21(28)24-20-17(26)14-29-18(20)10-11-25(3)4/h5-9,16,18,20H,10-14H2,1-4H3,(H2,23,27)(H,24,28). The summed E-state index contributed by atoms with van der Waals surface area (Å²) in [7, 11) is 3.91. The lowest BCUT2D eigenvalue weighted by Gasteiger charge is -2.30. The molecule has 1 saturated heterocycles. The van der Waals surface area contributed by atoms with Crippen molar-refractivity contribution in [1.82, 2.24) is 10.2 Å². The van der Waals surface area contributed by atoms with Crippen molar-refractivity contribution in [2.75, 3.05) is 27.2 Å². The van der Waals surface area contributed by atoms with E-state index in [1.807, 2.05) is 63.2 Å². The minimum Gasteiger partial charge on any atom is -0.370 e. The molecular formula is C22H33N3O4. The van der Waals surface area contributed by atoms with Gasteiger partial charge in [0.15, 0.2) is 5.78 Å². The molecule has 0 spiro atoms. The molecular weight excluding hydrogens is 370 g/mol. The summed E-state index contributed by atoms with van der Waals surface area (Å²) in [6.45, 7) is 4.62. The van der Waals surface area contributed by atoms with Gasteiger partial charge in [0, 0.05) is 13.0 Å². The molecule has 1 aromatic rings. The maximum Gasteiger partial charge on any atom is 0.228 e. The summed E-state index contributed by atoms with van der Waals surface area (Å²) < 4.78 is 5.62. The highest BCUT2D eigenvalue weighted by Crippen LogP contribution is 2.34. The lowest BCUT2D eigenvalue weighted by Crippen LogP contribution is -2.47. The van der Waals surface area contributed by atoms with Crippen molar-refractivity contribution in [3.63, 3.8) is 0 Å². The quantitative estimate of drug-likeness (QED) is 0.616. The van der Waals surface area contributed by atoms with Crippen LogP contribution in [0.5, 0.6) is 0 Å². The van der Waals surface area contributed by atoms with Gasteiger partial charge in [-0.25, -0.2) is 0 Å². The average Bonchev–Trinajstić information content (AvgIpc) is 2.97. The molecule has 1 aromatic carbocycles. The van der Waals surface area contributed by atoms with Gasteiger partial charge in [-0.05, 0) is 37.9 Å². The Labute approximate surface area is 173 Å². The maximum atomic E-state index is 13.2. The Kier molecular flexibility index (Phi) is 7.93. The summed E-state index contributed by atoms with van der Waals surface area (Å²) in [4.78, 5) is 39.1. The van der Waals surface area contributed by atoms with Gasteiger partial charge in [-0.1, -0.05) is 44.2 Å². The summed E-state index contributed by atoms with van der Waals surface area (Å²) >= 11 is 0. The summed E-state index contributed by atoms with van der Waals surface area (Å²) in [5.74, 6) is -1.23. The van der Waals surface area contributed by atoms with E-state index in [-0.39, 0.29) is 30.8 Å². The Morgan fingerprint density at radius 3 is 2.52 bits per heavy atom. The maximum absolute atomic E-state index is 13.2. The van der Waals surface area contributed by atoms with Crippen LogP contribution in [0.15, 0.2) is 30.3 Å². The van der Waals surface area contributed by atoms with E-state index in [0.29, 0.717) is 12.8 Å². The minimum atomic E-state index is -0.645. The number of benzene rings is 1. The number of carbonyl (C=O) groups excluding carboxylic acids is 3. The lowest BCUT2D eigenvalue weighted by atomic mass is 9.77. The number of ether oxygens (including phenoxy) is 1. The number of rotatable bonds is 10. The fourth-order valence-electron chi connectivity index (χ4n) is 3.79. The molecule has 1 heterocycles. The van der Waals surface area contributed by atoms with E-state index in [4.69, 9.17) is 10.5 Å². The third-order valence-electron chi connectivity index (χ3n) is 5.24. The van der Waals surface area contributed by atoms with Crippen molar-refractivity contribution >= 4 is 17.6 Å². The molecule has 1 aliphatic heterocycles. The van der Waals surface area contributed by atoms with Gasteiger partial charge in [0.1, 0.15) is 12.6 Å². The van der Waals surface area contributed by atoms with Crippen LogP contribution in [-0.2, 0) is 19.1 Å². The highest BCUT2D eigenvalue weighted by molar-refractivity contribution is 5.93. The van der Waals surface area contributed by atoms with Crippen LogP contribution in [-0.4, -0.2) is 61.9 Å². The third-order valence-corrected chi connectivity index (χ3v) is 5.24. The van der Waals surface area contributed by atoms with Gasteiger partial charge in [-0.2, -0.15) is 0 Å². The predicted octanol–water partition coefficient (Wildman–Crippen LogP) is 1.47. The molecule has 0 aliphatic carbocycles. The molecule has 3 N–H and O–H groups in total. The van der Waals surface area contributed by atoms with Crippen LogP contribution in [0.1, 0.15) is 44.6 Å². The first-order chi connectivity index (χ1) is 13.6. The van der Waals surface area contributed by atoms with Crippen LogP contribution in [0.2, 0.25) is 0 Å². The number of Topliss-reactive ketones (excluding diaryl/α,β-unsaturated/α-hetero) is 1. The Bertz CT molecular complexity index is 718. The number of nitrogens with one attached hydrogen (secondary N) is 1. The van der Waals surface area contributed by atoms with Crippen molar-refractivity contribution in [3.05, 3.63) is 35.9 Å². The zero-order valence-electron chi connectivity index (χ0n) is 17.8. The van der Waals surface area contributed by atoms with Crippen LogP contribution >= 0.6 is 0 Å². The van der Waals surface area contributed by atoms with Gasteiger partial charge in [-0.15, -0.1) is 0 Å². The van der Waals surface area contributed by atoms with Gasteiger partial charge in [-0.3, -0.25) is 14.4 Å². The van der Waals surface area contributed by atoms with Crippen molar-refractivity contribution in [3.8, 4) is 0 Å². The van der Waals surface area contributed by atoms with Crippen LogP contribution < -0.4 is 11.1 Å². The van der Waals surface area contributed by atoms with E-state index in [1.54, 1.807) is 0 Å². The van der Waals surface area contributed by atoms with Gasteiger partial charge in [0.2, 0.25) is 11.8 Å². The molecule has 1 aliphatic rings. The van der Waals surface area contributed by atoms with Gasteiger partial charge in [0.25, 0.3) is 0 Å². The van der Waals surface area contributed by atoms with Crippen molar-refractivity contribution in [2.24, 2.45) is 11.1 Å². The molecule has 29 heavy (non-hydrogen) atoms. The first kappa shape index (κ1) is 23.0. The Hall–Kier alpha value is -2.25. The smallest absolute Gasteiger partial charge is 0.228 e. The topological polar surface area (TPSA) is 102 Å². The number of carbonyl (C=O) groups is 3. The van der Waals surface area contributed by atoms with Gasteiger partial charge < -0.3 is 20.7 Å². The fourth-order valence-corrected chi connectivity index (χ4v) is 3.79. The monoisotopic (exact) mass is 403 g/mol. The summed E-state index contributed by atoms with van der Waals surface area (Å²) in [6, 6.07) is 8.77. The van der Waals surface area contributed by atoms with Crippen molar-refractivity contribution in [1.29, 1.82) is 0 Å². The van der Waals surface area contributed by atoms with Crippen LogP contribution in [0.3, 0.4) is 0 Å². The zero-order valence-corrected chi connectivity index (χ0v) is 17.8. The molecule has 0 radical (unpaired) electrons. The average molecular weight is 404 g/mol. The number of amides is 2. The van der Waals surface area contributed by atoms with E-state index < -0.39 is 23.3 Å². The number of nitrogens with two attached hydrogens (primary N) is 1. The number of primary amides is 1. The molecule has 0 saturated carbocycles. The number of nitrogens with zero attached hydrogens (tertiary/aromatic N) is 1. The van der Waals surface area contributed by atoms with E-state index in [9.17, 15) is 14.4 Å². The van der Waals surface area contributed by atoms with Crippen LogP contribution in [0, 0.1) is 5.41 Å². The zero-order chi connectivity index (χ0) is 21.6. The second-order valence-electron chi connectivity index (χ2n) is 8.87. The van der Waals surface area contributed by atoms with Gasteiger partial charge >= 0.3 is 0 Å². The largest absolute Gasteiger partial charge is 0.370 e. The molecule has 0 aromatic heterocycles. The normalized spacial score (nSPS) is 20.7. The van der Waals surface area contributed by atoms with E-state index in [0.717, 1.165) is 12.1 Å². The molecule has 1 fully saturated rings. The molecule has 3 atom stereocenters. The SMILES string of the molecule is CN(C)CCC1OCC(=O)C1NC(=O)C(CC(C)(C)CC(N)=O)c1ccccc1. The van der Waals surface area contributed by atoms with Crippen LogP contribution in [0.4, 0.5) is 0 Å². The second-order valence-corrected chi connectivity index (χ2v) is 8.87. The number of hydrogen-bond donors (Lipinski definition) is 2. The Morgan fingerprint density at radius 1 is 1.28 bits per heavy atom. The van der Waals surface area contributed by atoms with Crippen molar-refractivity contribution < 1.29 is 19.1 Å². The first-order valence-corrected chi connectivity index (χ1v) is 10.0. The van der Waals surface area contributed by atoms with E-state index in [1.165, 1.54) is 0 Å². The molecule has 7 nitrogen and oxygen atoms in total. The Morgan fingerprint density at radius 2 is 1.93 bits per heavy atom. The van der Waals surface area contributed by atoms with Crippen LogP contribution in [0.25, 0.3) is 0 Å². The van der Waals surface area contributed by atoms with E-state index >= 15 is 0 Å². The van der Waals surface area contributed by atoms with Crippen molar-refractivity contribution in [2.45, 2.75) is 51.2 Å². The first-order valence-electron chi connectivity index (χ1n) is 10.0. The molecule has 2 rings (SSSR count). The second kappa shape index (κ2) is 9.98. The summed E-state index contributed by atoms with van der Waals surface area (Å²) in [5.41, 5.74) is 5.78. The van der Waals surface area contributed by atoms with Gasteiger partial charge in [0.05, 0.1) is 12.0 Å². The Balaban J connectivity index is 2.18. The molecule has 160 valence electrons. The predicted molar refractivity (Wildman–Crippen MR) is 111 cm³/mol. The number of hydrogen-bond acceptors (Lipinski definition) is 5. The summed E-state index contributed by atoms with van der Waals surface area (Å²) in [5, 5.41) is 2.93. The van der Waals surface area contributed by atoms with E-state index in [2.05, 4.69) is 5.32 Å².